The number of ether oxygens (including phenoxy) is 1. The molecule has 4 heteroatoms. The molecule has 1 amide bonds. The number of rotatable bonds is 4. The van der Waals surface area contributed by atoms with Gasteiger partial charge in [0, 0.05) is 5.69 Å². The average Bonchev–Trinajstić information content (AvgIpc) is 2.55. The molecular weight excluding hydrogens is 288 g/mol. The Morgan fingerprint density at radius 3 is 2.65 bits per heavy atom. The summed E-state index contributed by atoms with van der Waals surface area (Å²) in [6, 6.07) is 14.9. The molecule has 0 aliphatic rings. The molecule has 23 heavy (non-hydrogen) atoms. The van der Waals surface area contributed by atoms with Crippen molar-refractivity contribution in [3.63, 3.8) is 0 Å². The lowest BCUT2D eigenvalue weighted by molar-refractivity contribution is -0.112. The molecular formula is C19H18N2O2. The van der Waals surface area contributed by atoms with Gasteiger partial charge < -0.3 is 10.1 Å². The Bertz CT molecular complexity index is 801. The van der Waals surface area contributed by atoms with Crippen LogP contribution in [0.2, 0.25) is 0 Å². The first kappa shape index (κ1) is 16.3. The van der Waals surface area contributed by atoms with E-state index in [-0.39, 0.29) is 5.57 Å². The zero-order valence-corrected chi connectivity index (χ0v) is 13.4. The number of carbonyl (C=O) groups excluding carboxylic acids is 1. The molecule has 0 spiro atoms. The second-order valence-electron chi connectivity index (χ2n) is 5.22. The highest BCUT2D eigenvalue weighted by atomic mass is 16.5. The maximum atomic E-state index is 12.3. The van der Waals surface area contributed by atoms with Crippen molar-refractivity contribution < 1.29 is 9.53 Å². The van der Waals surface area contributed by atoms with Gasteiger partial charge in [-0.15, -0.1) is 0 Å². The van der Waals surface area contributed by atoms with E-state index in [1.807, 2.05) is 50.2 Å². The first-order valence-electron chi connectivity index (χ1n) is 7.18. The van der Waals surface area contributed by atoms with Gasteiger partial charge in [-0.05, 0) is 49.2 Å². The van der Waals surface area contributed by atoms with Gasteiger partial charge in [0.05, 0.1) is 7.11 Å². The van der Waals surface area contributed by atoms with Gasteiger partial charge in [-0.2, -0.15) is 5.26 Å². The third kappa shape index (κ3) is 4.21. The predicted octanol–water partition coefficient (Wildman–Crippen LogP) is 3.86. The average molecular weight is 306 g/mol. The Labute approximate surface area is 136 Å². The van der Waals surface area contributed by atoms with E-state index in [4.69, 9.17) is 4.74 Å². The Morgan fingerprint density at radius 1 is 1.22 bits per heavy atom. The lowest BCUT2D eigenvalue weighted by Gasteiger charge is -2.08. The molecule has 1 N–H and O–H groups in total. The third-order valence-corrected chi connectivity index (χ3v) is 3.40. The Hall–Kier alpha value is -3.06. The van der Waals surface area contributed by atoms with Crippen LogP contribution in [0, 0.1) is 25.2 Å². The van der Waals surface area contributed by atoms with E-state index in [0.717, 1.165) is 16.7 Å². The largest absolute Gasteiger partial charge is 0.497 e. The van der Waals surface area contributed by atoms with Gasteiger partial charge in [0.2, 0.25) is 0 Å². The molecule has 0 aliphatic heterocycles. The fraction of sp³-hybridized carbons (Fsp3) is 0.158. The van der Waals surface area contributed by atoms with Gasteiger partial charge >= 0.3 is 0 Å². The fourth-order valence-electron chi connectivity index (χ4n) is 2.19. The number of amides is 1. The first-order valence-corrected chi connectivity index (χ1v) is 7.18. The first-order chi connectivity index (χ1) is 11.0. The van der Waals surface area contributed by atoms with Crippen LogP contribution in [0.5, 0.6) is 5.75 Å². The molecule has 0 aromatic heterocycles. The van der Waals surface area contributed by atoms with Crippen molar-refractivity contribution >= 4 is 17.7 Å². The van der Waals surface area contributed by atoms with Crippen LogP contribution in [0.25, 0.3) is 6.08 Å². The quantitative estimate of drug-likeness (QED) is 0.689. The number of benzene rings is 2. The zero-order valence-electron chi connectivity index (χ0n) is 13.4. The zero-order chi connectivity index (χ0) is 16.8. The van der Waals surface area contributed by atoms with Crippen molar-refractivity contribution in [3.05, 3.63) is 64.7 Å². The van der Waals surface area contributed by atoms with Crippen LogP contribution in [0.4, 0.5) is 5.69 Å². The van der Waals surface area contributed by atoms with E-state index in [9.17, 15) is 10.1 Å². The van der Waals surface area contributed by atoms with Gasteiger partial charge in [0.25, 0.3) is 5.91 Å². The van der Waals surface area contributed by atoms with Gasteiger partial charge in [0.1, 0.15) is 17.4 Å². The van der Waals surface area contributed by atoms with Crippen molar-refractivity contribution in [3.8, 4) is 11.8 Å². The summed E-state index contributed by atoms with van der Waals surface area (Å²) >= 11 is 0. The van der Waals surface area contributed by atoms with Crippen LogP contribution in [0.3, 0.4) is 0 Å². The molecule has 2 rings (SSSR count). The summed E-state index contributed by atoms with van der Waals surface area (Å²) in [6.45, 7) is 3.91. The molecule has 0 atom stereocenters. The van der Waals surface area contributed by atoms with Gasteiger partial charge in [-0.25, -0.2) is 0 Å². The molecule has 0 saturated heterocycles. The van der Waals surface area contributed by atoms with Gasteiger partial charge in [-0.1, -0.05) is 29.8 Å². The van der Waals surface area contributed by atoms with Crippen LogP contribution >= 0.6 is 0 Å². The SMILES string of the molecule is COc1cccc(C=C(C#N)C(=O)Nc2ccc(C)cc2C)c1. The van der Waals surface area contributed by atoms with Crippen molar-refractivity contribution in [1.29, 1.82) is 5.26 Å². The summed E-state index contributed by atoms with van der Waals surface area (Å²) in [5.41, 5.74) is 3.55. The smallest absolute Gasteiger partial charge is 0.266 e. The van der Waals surface area contributed by atoms with E-state index in [1.165, 1.54) is 0 Å². The van der Waals surface area contributed by atoms with E-state index < -0.39 is 5.91 Å². The maximum absolute atomic E-state index is 12.3. The van der Waals surface area contributed by atoms with E-state index >= 15 is 0 Å². The number of nitrogens with zero attached hydrogens (tertiary/aromatic N) is 1. The second-order valence-corrected chi connectivity index (χ2v) is 5.22. The normalized spacial score (nSPS) is 10.8. The summed E-state index contributed by atoms with van der Waals surface area (Å²) in [5, 5.41) is 12.0. The Balaban J connectivity index is 2.24. The van der Waals surface area contributed by atoms with Crippen molar-refractivity contribution in [2.45, 2.75) is 13.8 Å². The Kier molecular flexibility index (Phi) is 5.16. The van der Waals surface area contributed by atoms with Crippen LogP contribution in [0.15, 0.2) is 48.0 Å². The molecule has 0 heterocycles. The second kappa shape index (κ2) is 7.28. The highest BCUT2D eigenvalue weighted by molar-refractivity contribution is 6.10. The number of anilines is 1. The van der Waals surface area contributed by atoms with E-state index in [2.05, 4.69) is 5.32 Å². The van der Waals surface area contributed by atoms with Crippen LogP contribution in [-0.4, -0.2) is 13.0 Å². The van der Waals surface area contributed by atoms with Crippen LogP contribution < -0.4 is 10.1 Å². The lowest BCUT2D eigenvalue weighted by atomic mass is 10.1. The number of hydrogen-bond acceptors (Lipinski definition) is 3. The molecule has 116 valence electrons. The summed E-state index contributed by atoms with van der Waals surface area (Å²) in [7, 11) is 1.57. The molecule has 0 unspecified atom stereocenters. The molecule has 0 fully saturated rings. The number of hydrogen-bond donors (Lipinski definition) is 1. The van der Waals surface area contributed by atoms with Gasteiger partial charge in [-0.3, -0.25) is 4.79 Å². The van der Waals surface area contributed by atoms with Crippen LogP contribution in [-0.2, 0) is 4.79 Å². The monoisotopic (exact) mass is 306 g/mol. The minimum atomic E-state index is -0.428. The molecule has 4 nitrogen and oxygen atoms in total. The number of nitrogens with one attached hydrogen (secondary N) is 1. The number of nitriles is 1. The van der Waals surface area contributed by atoms with Crippen molar-refractivity contribution in [2.24, 2.45) is 0 Å². The summed E-state index contributed by atoms with van der Waals surface area (Å²) in [6.07, 6.45) is 1.54. The summed E-state index contributed by atoms with van der Waals surface area (Å²) in [4.78, 5) is 12.3. The highest BCUT2D eigenvalue weighted by Crippen LogP contribution is 2.19. The standard InChI is InChI=1S/C19H18N2O2/c1-13-7-8-18(14(2)9-13)21-19(22)16(12-20)10-15-5-4-6-17(11-15)23-3/h4-11H,1-3H3,(H,21,22). The third-order valence-electron chi connectivity index (χ3n) is 3.40. The fourth-order valence-corrected chi connectivity index (χ4v) is 2.19. The molecule has 0 saturated carbocycles. The maximum Gasteiger partial charge on any atom is 0.266 e. The minimum Gasteiger partial charge on any atom is -0.497 e. The number of carbonyl (C=O) groups is 1. The molecule has 0 aliphatic carbocycles. The number of methoxy groups -OCH3 is 1. The summed E-state index contributed by atoms with van der Waals surface area (Å²) < 4.78 is 5.14. The van der Waals surface area contributed by atoms with Crippen LogP contribution in [0.1, 0.15) is 16.7 Å². The summed E-state index contributed by atoms with van der Waals surface area (Å²) in [5.74, 6) is 0.244. The highest BCUT2D eigenvalue weighted by Gasteiger charge is 2.11. The van der Waals surface area contributed by atoms with Crippen molar-refractivity contribution in [2.75, 3.05) is 12.4 Å². The number of aryl methyl sites for hydroxylation is 2. The van der Waals surface area contributed by atoms with Gasteiger partial charge in [0.15, 0.2) is 0 Å². The minimum absolute atomic E-state index is 0.0400. The van der Waals surface area contributed by atoms with Crippen molar-refractivity contribution in [1.82, 2.24) is 0 Å². The Morgan fingerprint density at radius 2 is 2.00 bits per heavy atom. The molecule has 2 aromatic rings. The topological polar surface area (TPSA) is 62.1 Å². The van der Waals surface area contributed by atoms with E-state index in [0.29, 0.717) is 11.4 Å². The molecule has 0 bridgehead atoms. The predicted molar refractivity (Wildman–Crippen MR) is 91.1 cm³/mol. The lowest BCUT2D eigenvalue weighted by Crippen LogP contribution is -2.14. The van der Waals surface area contributed by atoms with E-state index in [1.54, 1.807) is 25.3 Å². The molecule has 2 aromatic carbocycles. The molecule has 0 radical (unpaired) electrons.